The van der Waals surface area contributed by atoms with Crippen molar-refractivity contribution in [3.63, 3.8) is 0 Å². The molecule has 0 spiro atoms. The highest BCUT2D eigenvalue weighted by atomic mass is 35.5. The molecule has 0 aliphatic carbocycles. The Balaban J connectivity index is 0.000000265. The molecule has 35 heavy (non-hydrogen) atoms. The van der Waals surface area contributed by atoms with Crippen LogP contribution in [0.2, 0.25) is 15.1 Å². The van der Waals surface area contributed by atoms with Crippen molar-refractivity contribution in [3.05, 3.63) is 86.4 Å². The second-order valence-corrected chi connectivity index (χ2v) is 7.92. The number of benzene rings is 3. The summed E-state index contributed by atoms with van der Waals surface area (Å²) in [6, 6.07) is 15.5. The zero-order chi connectivity index (χ0) is 26.2. The maximum atomic E-state index is 10.5. The maximum Gasteiger partial charge on any atom is 0.153 e. The lowest BCUT2D eigenvalue weighted by Gasteiger charge is -2.10. The van der Waals surface area contributed by atoms with Crippen LogP contribution in [0.5, 0.6) is 17.2 Å². The van der Waals surface area contributed by atoms with Gasteiger partial charge in [0.05, 0.1) is 39.4 Å². The van der Waals surface area contributed by atoms with E-state index in [0.717, 1.165) is 24.1 Å². The Morgan fingerprint density at radius 2 is 1.26 bits per heavy atom. The number of carbonyl (C=O) groups excluding carboxylic acids is 2. The molecule has 0 aliphatic heterocycles. The van der Waals surface area contributed by atoms with Gasteiger partial charge in [-0.05, 0) is 51.2 Å². The van der Waals surface area contributed by atoms with Gasteiger partial charge < -0.3 is 19.9 Å². The number of aldehydes is 2. The van der Waals surface area contributed by atoms with Gasteiger partial charge in [-0.1, -0.05) is 59.1 Å². The number of rotatable bonds is 8. The highest BCUT2D eigenvalue weighted by Gasteiger charge is 2.07. The van der Waals surface area contributed by atoms with Crippen LogP contribution in [-0.2, 0) is 6.54 Å². The molecule has 0 heterocycles. The fourth-order valence-corrected chi connectivity index (χ4v) is 3.40. The van der Waals surface area contributed by atoms with Crippen molar-refractivity contribution in [1.82, 2.24) is 5.32 Å². The highest BCUT2D eigenvalue weighted by Crippen LogP contribution is 2.29. The van der Waals surface area contributed by atoms with Gasteiger partial charge in [-0.2, -0.15) is 0 Å². The molecular weight excluding hydrogens is 513 g/mol. The fraction of sp³-hybridized carbons (Fsp3) is 0.231. The molecule has 0 atom stereocenters. The third-order valence-corrected chi connectivity index (χ3v) is 5.16. The molecule has 0 saturated heterocycles. The second kappa shape index (κ2) is 16.8. The van der Waals surface area contributed by atoms with Crippen molar-refractivity contribution in [2.75, 3.05) is 20.3 Å². The van der Waals surface area contributed by atoms with Crippen LogP contribution < -0.4 is 14.8 Å². The lowest BCUT2D eigenvalue weighted by molar-refractivity contribution is 0.111. The fourth-order valence-electron chi connectivity index (χ4n) is 2.73. The lowest BCUT2D eigenvalue weighted by Crippen LogP contribution is -2.07. The first-order chi connectivity index (χ1) is 16.8. The summed E-state index contributed by atoms with van der Waals surface area (Å²) >= 11 is 17.3. The molecule has 0 radical (unpaired) electrons. The summed E-state index contributed by atoms with van der Waals surface area (Å²) in [6.07, 6.45) is 1.29. The van der Waals surface area contributed by atoms with E-state index >= 15 is 0 Å². The van der Waals surface area contributed by atoms with Gasteiger partial charge in [0.25, 0.3) is 0 Å². The monoisotopic (exact) mass is 539 g/mol. The summed E-state index contributed by atoms with van der Waals surface area (Å²) < 4.78 is 10.6. The van der Waals surface area contributed by atoms with Crippen LogP contribution in [0.25, 0.3) is 0 Å². The smallest absolute Gasteiger partial charge is 0.153 e. The van der Waals surface area contributed by atoms with E-state index in [2.05, 4.69) is 5.32 Å². The van der Waals surface area contributed by atoms with Crippen molar-refractivity contribution in [3.8, 4) is 17.2 Å². The zero-order valence-corrected chi connectivity index (χ0v) is 22.0. The first-order valence-corrected chi connectivity index (χ1v) is 11.8. The SMILES string of the molecule is CCOc1c(Cl)cccc1C=O.CCOc1c(Cl)cccc1CNC.O=Cc1cccc(Cl)c1O. The minimum Gasteiger partial charge on any atom is -0.506 e. The predicted molar refractivity (Wildman–Crippen MR) is 142 cm³/mol. The molecule has 3 aromatic rings. The van der Waals surface area contributed by atoms with Gasteiger partial charge in [-0.25, -0.2) is 0 Å². The third-order valence-electron chi connectivity index (χ3n) is 4.26. The first-order valence-electron chi connectivity index (χ1n) is 10.7. The number of phenolic OH excluding ortho intramolecular Hbond substituents is 1. The number of hydrogen-bond acceptors (Lipinski definition) is 6. The van der Waals surface area contributed by atoms with Gasteiger partial charge >= 0.3 is 0 Å². The standard InChI is InChI=1S/C10H14ClNO.C9H9ClO2.C7H5ClO2/c1-3-13-10-8(7-12-2)5-4-6-9(10)11;1-2-12-9-7(6-11)4-3-5-8(9)10;8-6-3-1-2-5(4-9)7(6)10/h4-6,12H,3,7H2,1-2H3;3-6H,2H2,1H3;1-4,10H. The Hall–Kier alpha value is -2.77. The summed E-state index contributed by atoms with van der Waals surface area (Å²) in [7, 11) is 1.90. The largest absolute Gasteiger partial charge is 0.506 e. The van der Waals surface area contributed by atoms with E-state index in [1.807, 2.05) is 39.1 Å². The molecule has 0 unspecified atom stereocenters. The van der Waals surface area contributed by atoms with Crippen molar-refractivity contribution in [2.24, 2.45) is 0 Å². The van der Waals surface area contributed by atoms with E-state index in [0.29, 0.717) is 40.9 Å². The quantitative estimate of drug-likeness (QED) is 0.303. The Bertz CT molecular complexity index is 1090. The summed E-state index contributed by atoms with van der Waals surface area (Å²) in [6.45, 7) is 5.71. The number of ether oxygens (including phenoxy) is 2. The van der Waals surface area contributed by atoms with Crippen LogP contribution in [0, 0.1) is 0 Å². The Kier molecular flexibility index (Phi) is 14.5. The molecule has 2 N–H and O–H groups in total. The number of hydrogen-bond donors (Lipinski definition) is 2. The number of para-hydroxylation sites is 3. The minimum absolute atomic E-state index is 0.154. The average Bonchev–Trinajstić information content (AvgIpc) is 2.85. The Labute approximate surface area is 220 Å². The summed E-state index contributed by atoms with van der Waals surface area (Å²) in [4.78, 5) is 20.7. The van der Waals surface area contributed by atoms with Crippen LogP contribution in [0.3, 0.4) is 0 Å². The number of carbonyl (C=O) groups is 2. The number of phenols is 1. The number of aromatic hydroxyl groups is 1. The van der Waals surface area contributed by atoms with E-state index in [9.17, 15) is 9.59 Å². The van der Waals surface area contributed by atoms with E-state index in [4.69, 9.17) is 49.4 Å². The van der Waals surface area contributed by atoms with E-state index in [1.165, 1.54) is 12.1 Å². The van der Waals surface area contributed by atoms with Gasteiger partial charge in [0.15, 0.2) is 12.6 Å². The van der Waals surface area contributed by atoms with Crippen LogP contribution in [-0.4, -0.2) is 37.9 Å². The first kappa shape index (κ1) is 30.3. The van der Waals surface area contributed by atoms with Crippen molar-refractivity contribution in [2.45, 2.75) is 20.4 Å². The van der Waals surface area contributed by atoms with Gasteiger partial charge in [-0.3, -0.25) is 9.59 Å². The van der Waals surface area contributed by atoms with Gasteiger partial charge in [0, 0.05) is 12.1 Å². The molecule has 0 aromatic heterocycles. The zero-order valence-electron chi connectivity index (χ0n) is 19.7. The van der Waals surface area contributed by atoms with Crippen molar-refractivity contribution < 1.29 is 24.2 Å². The Morgan fingerprint density at radius 1 is 0.771 bits per heavy atom. The van der Waals surface area contributed by atoms with Crippen LogP contribution in [0.4, 0.5) is 0 Å². The van der Waals surface area contributed by atoms with Crippen LogP contribution in [0.1, 0.15) is 40.1 Å². The van der Waals surface area contributed by atoms with Gasteiger partial charge in [-0.15, -0.1) is 0 Å². The van der Waals surface area contributed by atoms with Crippen molar-refractivity contribution >= 4 is 47.4 Å². The average molecular weight is 541 g/mol. The molecule has 9 heteroatoms. The van der Waals surface area contributed by atoms with Crippen molar-refractivity contribution in [1.29, 1.82) is 0 Å². The molecule has 0 aliphatic rings. The second-order valence-electron chi connectivity index (χ2n) is 6.70. The summed E-state index contributed by atoms with van der Waals surface area (Å²) in [5.74, 6) is 1.11. The normalized spacial score (nSPS) is 9.66. The summed E-state index contributed by atoms with van der Waals surface area (Å²) in [5.41, 5.74) is 1.80. The Morgan fingerprint density at radius 3 is 1.77 bits per heavy atom. The van der Waals surface area contributed by atoms with Crippen LogP contribution >= 0.6 is 34.8 Å². The summed E-state index contributed by atoms with van der Waals surface area (Å²) in [5, 5.41) is 13.5. The molecule has 3 rings (SSSR count). The topological polar surface area (TPSA) is 84.9 Å². The molecule has 0 bridgehead atoms. The van der Waals surface area contributed by atoms with E-state index in [-0.39, 0.29) is 16.3 Å². The van der Waals surface area contributed by atoms with Crippen LogP contribution in [0.15, 0.2) is 54.6 Å². The number of halogens is 3. The molecule has 6 nitrogen and oxygen atoms in total. The molecule has 3 aromatic carbocycles. The lowest BCUT2D eigenvalue weighted by atomic mass is 10.2. The molecule has 0 fully saturated rings. The van der Waals surface area contributed by atoms with Gasteiger partial charge in [0.1, 0.15) is 17.2 Å². The molecule has 0 amide bonds. The predicted octanol–water partition coefficient (Wildman–Crippen LogP) is 6.87. The highest BCUT2D eigenvalue weighted by molar-refractivity contribution is 6.33. The number of nitrogens with one attached hydrogen (secondary N) is 1. The third kappa shape index (κ3) is 9.78. The molecule has 188 valence electrons. The molecular formula is C26H28Cl3NO5. The van der Waals surface area contributed by atoms with E-state index < -0.39 is 0 Å². The van der Waals surface area contributed by atoms with Gasteiger partial charge in [0.2, 0.25) is 0 Å². The maximum absolute atomic E-state index is 10.5. The minimum atomic E-state index is -0.154. The molecule has 0 saturated carbocycles. The van der Waals surface area contributed by atoms with E-state index in [1.54, 1.807) is 24.3 Å².